The van der Waals surface area contributed by atoms with Gasteiger partial charge in [-0.3, -0.25) is 0 Å². The summed E-state index contributed by atoms with van der Waals surface area (Å²) in [6.07, 6.45) is 7.14. The van der Waals surface area contributed by atoms with Gasteiger partial charge in [0, 0.05) is 10.6 Å². The number of aliphatic hydroxyl groups excluding tert-OH is 1. The van der Waals surface area contributed by atoms with E-state index >= 15 is 0 Å². The first-order chi connectivity index (χ1) is 7.33. The Morgan fingerprint density at radius 3 is 2.67 bits per heavy atom. The number of benzene rings is 1. The first kappa shape index (κ1) is 12.1. The van der Waals surface area contributed by atoms with Crippen LogP contribution in [0.5, 0.6) is 0 Å². The molecule has 1 unspecified atom stereocenters. The molecule has 0 amide bonds. The van der Waals surface area contributed by atoms with E-state index < -0.39 is 0 Å². The van der Waals surface area contributed by atoms with Crippen molar-refractivity contribution in [2.45, 2.75) is 17.9 Å². The quantitative estimate of drug-likeness (QED) is 0.607. The molecule has 80 valence electrons. The van der Waals surface area contributed by atoms with Crippen LogP contribution >= 0.6 is 11.8 Å². The van der Waals surface area contributed by atoms with Crippen molar-refractivity contribution in [1.82, 2.24) is 0 Å². The smallest absolute Gasteiger partial charge is 0.0817 e. The molecule has 0 saturated carbocycles. The molecule has 15 heavy (non-hydrogen) atoms. The fourth-order valence-corrected chi connectivity index (χ4v) is 1.88. The zero-order valence-corrected chi connectivity index (χ0v) is 9.65. The van der Waals surface area contributed by atoms with Gasteiger partial charge in [-0.2, -0.15) is 0 Å². The molecule has 1 nitrogen and oxygen atoms in total. The van der Waals surface area contributed by atoms with Crippen molar-refractivity contribution in [3.05, 3.63) is 54.6 Å². The van der Waals surface area contributed by atoms with E-state index in [-0.39, 0.29) is 6.10 Å². The molecule has 0 fully saturated rings. The van der Waals surface area contributed by atoms with E-state index in [0.717, 1.165) is 0 Å². The predicted molar refractivity (Wildman–Crippen MR) is 67.1 cm³/mol. The second-order valence-corrected chi connectivity index (χ2v) is 4.20. The van der Waals surface area contributed by atoms with Crippen LogP contribution in [0.25, 0.3) is 0 Å². The lowest BCUT2D eigenvalue weighted by Gasteiger charge is -2.04. The van der Waals surface area contributed by atoms with Crippen LogP contribution in [-0.4, -0.2) is 17.0 Å². The summed E-state index contributed by atoms with van der Waals surface area (Å²) in [5, 5.41) is 9.60. The minimum Gasteiger partial charge on any atom is -0.388 e. The molecule has 1 rings (SSSR count). The third-order valence-electron chi connectivity index (χ3n) is 1.80. The van der Waals surface area contributed by atoms with Crippen molar-refractivity contribution in [1.29, 1.82) is 0 Å². The Bertz CT molecular complexity index is 317. The molecule has 0 aliphatic heterocycles. The molecular formula is C13H16OS. The van der Waals surface area contributed by atoms with Crippen molar-refractivity contribution in [2.24, 2.45) is 0 Å². The highest BCUT2D eigenvalue weighted by Crippen LogP contribution is 2.17. The highest BCUT2D eigenvalue weighted by Gasteiger charge is 1.99. The molecule has 0 aliphatic carbocycles. The van der Waals surface area contributed by atoms with Crippen molar-refractivity contribution in [2.75, 3.05) is 5.75 Å². The van der Waals surface area contributed by atoms with Gasteiger partial charge in [0.05, 0.1) is 6.10 Å². The normalized spacial score (nSPS) is 13.7. The van der Waals surface area contributed by atoms with E-state index in [1.165, 1.54) is 4.90 Å². The van der Waals surface area contributed by atoms with E-state index in [4.69, 9.17) is 0 Å². The lowest BCUT2D eigenvalue weighted by molar-refractivity contribution is 0.248. The van der Waals surface area contributed by atoms with Crippen molar-refractivity contribution >= 4 is 11.8 Å². The third-order valence-corrected chi connectivity index (χ3v) is 2.91. The second kappa shape index (κ2) is 7.32. The second-order valence-electron chi connectivity index (χ2n) is 3.10. The Hall–Kier alpha value is -0.990. The number of allylic oxidation sites excluding steroid dienone is 3. The van der Waals surface area contributed by atoms with Crippen LogP contribution in [0.2, 0.25) is 0 Å². The Kier molecular flexibility index (Phi) is 5.90. The summed E-state index contributed by atoms with van der Waals surface area (Å²) in [4.78, 5) is 1.19. The summed E-state index contributed by atoms with van der Waals surface area (Å²) in [6.45, 7) is 1.95. The van der Waals surface area contributed by atoms with Gasteiger partial charge in [0.1, 0.15) is 0 Å². The lowest BCUT2D eigenvalue weighted by atomic mass is 10.3. The SMILES string of the molecule is C/C=C/C=C/C(O)CSc1ccccc1. The predicted octanol–water partition coefficient (Wildman–Crippen LogP) is 3.27. The fourth-order valence-electron chi connectivity index (χ4n) is 1.06. The summed E-state index contributed by atoms with van der Waals surface area (Å²) in [7, 11) is 0. The van der Waals surface area contributed by atoms with Gasteiger partial charge in [-0.05, 0) is 19.1 Å². The molecular weight excluding hydrogens is 204 g/mol. The Morgan fingerprint density at radius 1 is 1.27 bits per heavy atom. The molecule has 1 aromatic rings. The van der Waals surface area contributed by atoms with Gasteiger partial charge in [0.2, 0.25) is 0 Å². The third kappa shape index (κ3) is 5.45. The average Bonchev–Trinajstić information content (AvgIpc) is 2.28. The van der Waals surface area contributed by atoms with Gasteiger partial charge >= 0.3 is 0 Å². The minimum absolute atomic E-state index is 0.383. The average molecular weight is 220 g/mol. The maximum Gasteiger partial charge on any atom is 0.0817 e. The lowest BCUT2D eigenvalue weighted by Crippen LogP contribution is -2.04. The van der Waals surface area contributed by atoms with Gasteiger partial charge in [-0.1, -0.05) is 42.5 Å². The van der Waals surface area contributed by atoms with Crippen LogP contribution in [0.15, 0.2) is 59.5 Å². The Morgan fingerprint density at radius 2 is 2.00 bits per heavy atom. The Balaban J connectivity index is 2.31. The molecule has 0 spiro atoms. The highest BCUT2D eigenvalue weighted by atomic mass is 32.2. The van der Waals surface area contributed by atoms with E-state index in [9.17, 15) is 5.11 Å². The van der Waals surface area contributed by atoms with Gasteiger partial charge in [0.25, 0.3) is 0 Å². The van der Waals surface area contributed by atoms with Gasteiger partial charge in [0.15, 0.2) is 0 Å². The number of hydrogen-bond donors (Lipinski definition) is 1. The zero-order chi connectivity index (χ0) is 10.9. The fraction of sp³-hybridized carbons (Fsp3) is 0.231. The monoisotopic (exact) mass is 220 g/mol. The molecule has 0 bridgehead atoms. The number of thioether (sulfide) groups is 1. The molecule has 0 aliphatic rings. The van der Waals surface area contributed by atoms with Crippen LogP contribution < -0.4 is 0 Å². The molecule has 0 radical (unpaired) electrons. The molecule has 2 heteroatoms. The summed E-state index contributed by atoms with van der Waals surface area (Å²) in [5.74, 6) is 0.693. The summed E-state index contributed by atoms with van der Waals surface area (Å²) in [6, 6.07) is 10.1. The largest absolute Gasteiger partial charge is 0.388 e. The van der Waals surface area contributed by atoms with E-state index in [2.05, 4.69) is 0 Å². The standard InChI is InChI=1S/C13H16OS/c1-2-3-5-8-12(14)11-15-13-9-6-4-7-10-13/h2-10,12,14H,11H2,1H3/b3-2+,8-5+. The van der Waals surface area contributed by atoms with Crippen LogP contribution in [0.1, 0.15) is 6.92 Å². The summed E-state index contributed by atoms with van der Waals surface area (Å²) < 4.78 is 0. The van der Waals surface area contributed by atoms with E-state index in [1.54, 1.807) is 17.8 Å². The van der Waals surface area contributed by atoms with Crippen molar-refractivity contribution in [3.63, 3.8) is 0 Å². The van der Waals surface area contributed by atoms with E-state index in [0.29, 0.717) is 5.75 Å². The molecule has 0 aromatic heterocycles. The van der Waals surface area contributed by atoms with Crippen molar-refractivity contribution < 1.29 is 5.11 Å². The number of aliphatic hydroxyl groups is 1. The minimum atomic E-state index is -0.383. The van der Waals surface area contributed by atoms with Crippen LogP contribution in [0.3, 0.4) is 0 Å². The number of rotatable bonds is 5. The summed E-state index contributed by atoms with van der Waals surface area (Å²) >= 11 is 1.66. The highest BCUT2D eigenvalue weighted by molar-refractivity contribution is 7.99. The maximum absolute atomic E-state index is 9.60. The van der Waals surface area contributed by atoms with Crippen LogP contribution in [0.4, 0.5) is 0 Å². The van der Waals surface area contributed by atoms with Crippen molar-refractivity contribution in [3.8, 4) is 0 Å². The first-order valence-electron chi connectivity index (χ1n) is 4.98. The van der Waals surface area contributed by atoms with Crippen LogP contribution in [0, 0.1) is 0 Å². The van der Waals surface area contributed by atoms with Gasteiger partial charge < -0.3 is 5.11 Å². The molecule has 0 heterocycles. The summed E-state index contributed by atoms with van der Waals surface area (Å²) in [5.41, 5.74) is 0. The molecule has 1 atom stereocenters. The zero-order valence-electron chi connectivity index (χ0n) is 8.84. The Labute approximate surface area is 95.5 Å². The maximum atomic E-state index is 9.60. The number of hydrogen-bond acceptors (Lipinski definition) is 2. The topological polar surface area (TPSA) is 20.2 Å². The van der Waals surface area contributed by atoms with Gasteiger partial charge in [-0.15, -0.1) is 11.8 Å². The first-order valence-corrected chi connectivity index (χ1v) is 5.97. The molecule has 1 aromatic carbocycles. The molecule has 1 N–H and O–H groups in total. The van der Waals surface area contributed by atoms with E-state index in [1.807, 2.05) is 55.5 Å². The van der Waals surface area contributed by atoms with Crippen LogP contribution in [-0.2, 0) is 0 Å². The molecule has 0 saturated heterocycles. The van der Waals surface area contributed by atoms with Gasteiger partial charge in [-0.25, -0.2) is 0 Å².